The molecule has 0 saturated heterocycles. The fraction of sp³-hybridized carbons (Fsp3) is 0.214. The number of aromatic hydroxyl groups is 1. The van der Waals surface area contributed by atoms with Crippen molar-refractivity contribution in [1.82, 2.24) is 0 Å². The zero-order valence-corrected chi connectivity index (χ0v) is 12.3. The second-order valence-corrected chi connectivity index (χ2v) is 6.42. The van der Waals surface area contributed by atoms with Crippen LogP contribution in [0.4, 0.5) is 5.69 Å². The third-order valence-electron chi connectivity index (χ3n) is 2.99. The molecule has 2 aromatic carbocycles. The highest BCUT2D eigenvalue weighted by molar-refractivity contribution is 7.85. The maximum atomic E-state index is 11.6. The Bertz CT molecular complexity index is 811. The lowest BCUT2D eigenvalue weighted by atomic mass is 10.1. The first-order valence-corrected chi connectivity index (χ1v) is 7.67. The Morgan fingerprint density at radius 1 is 1.19 bits per heavy atom. The van der Waals surface area contributed by atoms with E-state index in [-0.39, 0.29) is 17.6 Å². The fourth-order valence-electron chi connectivity index (χ4n) is 1.84. The number of nitrogens with one attached hydrogen (secondary N) is 1. The molecule has 0 aromatic heterocycles. The molecule has 0 unspecified atom stereocenters. The van der Waals surface area contributed by atoms with Gasteiger partial charge in [-0.25, -0.2) is 0 Å². The quantitative estimate of drug-likeness (QED) is 0.755. The number of anilines is 1. The Morgan fingerprint density at radius 2 is 1.86 bits per heavy atom. The molecule has 0 aliphatic rings. The Labute approximate surface area is 122 Å². The lowest BCUT2D eigenvalue weighted by Crippen LogP contribution is -2.17. The molecule has 0 atom stereocenters. The summed E-state index contributed by atoms with van der Waals surface area (Å²) in [6.07, 6.45) is 0. The third kappa shape index (κ3) is 3.32. The van der Waals surface area contributed by atoms with Gasteiger partial charge in [0.25, 0.3) is 10.1 Å². The van der Waals surface area contributed by atoms with Gasteiger partial charge in [-0.2, -0.15) is 8.42 Å². The molecule has 0 fully saturated rings. The molecule has 0 aliphatic carbocycles. The lowest BCUT2D eigenvalue weighted by molar-refractivity contribution is -0.118. The van der Waals surface area contributed by atoms with Gasteiger partial charge in [0.1, 0.15) is 5.75 Å². The Morgan fingerprint density at radius 3 is 2.43 bits per heavy atom. The van der Waals surface area contributed by atoms with Gasteiger partial charge in [0.05, 0.1) is 4.90 Å². The first kappa shape index (κ1) is 15.3. The van der Waals surface area contributed by atoms with E-state index in [2.05, 4.69) is 5.32 Å². The summed E-state index contributed by atoms with van der Waals surface area (Å²) in [6.45, 7) is 3.50. The van der Waals surface area contributed by atoms with Gasteiger partial charge in [-0.3, -0.25) is 9.35 Å². The molecule has 1 amide bonds. The maximum Gasteiger partial charge on any atom is 0.294 e. The van der Waals surface area contributed by atoms with E-state index in [4.69, 9.17) is 4.55 Å². The molecule has 0 aliphatic heterocycles. The number of phenolic OH excluding ortho intramolecular Hbond substituents is 1. The first-order valence-electron chi connectivity index (χ1n) is 6.23. The molecule has 21 heavy (non-hydrogen) atoms. The van der Waals surface area contributed by atoms with E-state index in [1.54, 1.807) is 26.0 Å². The fourth-order valence-corrected chi connectivity index (χ4v) is 2.37. The summed E-state index contributed by atoms with van der Waals surface area (Å²) in [7, 11) is -4.41. The van der Waals surface area contributed by atoms with Gasteiger partial charge >= 0.3 is 0 Å². The molecule has 0 heterocycles. The lowest BCUT2D eigenvalue weighted by Gasteiger charge is -2.10. The predicted octanol–water partition coefficient (Wildman–Crippen LogP) is 2.39. The van der Waals surface area contributed by atoms with Crippen LogP contribution in [0.1, 0.15) is 13.8 Å². The van der Waals surface area contributed by atoms with Gasteiger partial charge in [0.2, 0.25) is 5.91 Å². The van der Waals surface area contributed by atoms with E-state index >= 15 is 0 Å². The van der Waals surface area contributed by atoms with Crippen LogP contribution in [0.25, 0.3) is 10.8 Å². The van der Waals surface area contributed by atoms with Crippen molar-refractivity contribution in [2.24, 2.45) is 5.92 Å². The minimum absolute atomic E-state index is 0.176. The van der Waals surface area contributed by atoms with Crippen molar-refractivity contribution in [3.05, 3.63) is 30.3 Å². The molecule has 0 spiro atoms. The van der Waals surface area contributed by atoms with E-state index in [1.165, 1.54) is 12.1 Å². The first-order chi connectivity index (χ1) is 9.68. The number of hydrogen-bond acceptors (Lipinski definition) is 4. The van der Waals surface area contributed by atoms with Crippen LogP contribution in [0.2, 0.25) is 0 Å². The molecule has 7 heteroatoms. The van der Waals surface area contributed by atoms with Crippen LogP contribution in [0.3, 0.4) is 0 Å². The number of fused-ring (bicyclic) bond motifs is 1. The monoisotopic (exact) mass is 309 g/mol. The predicted molar refractivity (Wildman–Crippen MR) is 78.9 cm³/mol. The van der Waals surface area contributed by atoms with Crippen molar-refractivity contribution in [3.8, 4) is 5.75 Å². The van der Waals surface area contributed by atoms with Crippen molar-refractivity contribution in [1.29, 1.82) is 0 Å². The van der Waals surface area contributed by atoms with Gasteiger partial charge in [-0.15, -0.1) is 0 Å². The summed E-state index contributed by atoms with van der Waals surface area (Å²) in [5.74, 6) is -0.635. The standard InChI is InChI=1S/C14H15NO5S/c1-8(2)14(17)15-10-3-4-12-9(5-10)6-11(7-13(12)16)21(18,19)20/h3-8,16H,1-2H3,(H,15,17)(H,18,19,20). The summed E-state index contributed by atoms with van der Waals surface area (Å²) in [4.78, 5) is 11.2. The molecule has 112 valence electrons. The van der Waals surface area contributed by atoms with Gasteiger partial charge in [0, 0.05) is 23.1 Å². The Balaban J connectivity index is 2.53. The van der Waals surface area contributed by atoms with Crippen molar-refractivity contribution in [2.45, 2.75) is 18.7 Å². The van der Waals surface area contributed by atoms with Gasteiger partial charge in [-0.05, 0) is 29.7 Å². The highest BCUT2D eigenvalue weighted by atomic mass is 32.2. The van der Waals surface area contributed by atoms with E-state index in [0.29, 0.717) is 16.5 Å². The summed E-state index contributed by atoms with van der Waals surface area (Å²) in [5.41, 5.74) is 0.480. The number of benzene rings is 2. The number of carbonyl (C=O) groups is 1. The average Bonchev–Trinajstić information content (AvgIpc) is 2.37. The minimum atomic E-state index is -4.41. The van der Waals surface area contributed by atoms with Crippen LogP contribution in [0.15, 0.2) is 35.2 Å². The Kier molecular flexibility index (Phi) is 3.89. The second-order valence-electron chi connectivity index (χ2n) is 5.00. The smallest absolute Gasteiger partial charge is 0.294 e. The molecule has 2 aromatic rings. The number of rotatable bonds is 3. The molecule has 0 bridgehead atoms. The number of carbonyl (C=O) groups excluding carboxylic acids is 1. The summed E-state index contributed by atoms with van der Waals surface area (Å²) in [5, 5.41) is 13.3. The zero-order valence-electron chi connectivity index (χ0n) is 11.5. The zero-order chi connectivity index (χ0) is 15.8. The molecule has 3 N–H and O–H groups in total. The largest absolute Gasteiger partial charge is 0.507 e. The van der Waals surface area contributed by atoms with Gasteiger partial charge < -0.3 is 10.4 Å². The summed E-state index contributed by atoms with van der Waals surface area (Å²) in [6, 6.07) is 6.91. The molecule has 6 nitrogen and oxygen atoms in total. The number of hydrogen-bond donors (Lipinski definition) is 3. The third-order valence-corrected chi connectivity index (χ3v) is 3.83. The Hall–Kier alpha value is -2.12. The molecule has 0 saturated carbocycles. The van der Waals surface area contributed by atoms with Crippen LogP contribution >= 0.6 is 0 Å². The highest BCUT2D eigenvalue weighted by Gasteiger charge is 2.14. The van der Waals surface area contributed by atoms with Gasteiger partial charge in [0.15, 0.2) is 0 Å². The summed E-state index contributed by atoms with van der Waals surface area (Å²) < 4.78 is 31.4. The van der Waals surface area contributed by atoms with Crippen LogP contribution in [0, 0.1) is 5.92 Å². The van der Waals surface area contributed by atoms with Crippen molar-refractivity contribution in [3.63, 3.8) is 0 Å². The van der Waals surface area contributed by atoms with Crippen LogP contribution in [-0.2, 0) is 14.9 Å². The number of phenols is 1. The van der Waals surface area contributed by atoms with E-state index in [0.717, 1.165) is 6.07 Å². The molecular formula is C14H15NO5S. The second kappa shape index (κ2) is 5.34. The molecule has 2 rings (SSSR count). The minimum Gasteiger partial charge on any atom is -0.507 e. The van der Waals surface area contributed by atoms with Crippen LogP contribution < -0.4 is 5.32 Å². The summed E-state index contributed by atoms with van der Waals surface area (Å²) >= 11 is 0. The van der Waals surface area contributed by atoms with Crippen LogP contribution in [0.5, 0.6) is 5.75 Å². The normalized spacial score (nSPS) is 11.8. The van der Waals surface area contributed by atoms with Gasteiger partial charge in [-0.1, -0.05) is 13.8 Å². The molecule has 0 radical (unpaired) electrons. The van der Waals surface area contributed by atoms with E-state index in [1.807, 2.05) is 0 Å². The SMILES string of the molecule is CC(C)C(=O)Nc1ccc2c(O)cc(S(=O)(=O)O)cc2c1. The topological polar surface area (TPSA) is 104 Å². The van der Waals surface area contributed by atoms with E-state index < -0.39 is 15.0 Å². The number of amides is 1. The highest BCUT2D eigenvalue weighted by Crippen LogP contribution is 2.30. The average molecular weight is 309 g/mol. The van der Waals surface area contributed by atoms with Crippen LogP contribution in [-0.4, -0.2) is 24.0 Å². The van der Waals surface area contributed by atoms with Crippen molar-refractivity contribution in [2.75, 3.05) is 5.32 Å². The van der Waals surface area contributed by atoms with Crippen molar-refractivity contribution < 1.29 is 22.9 Å². The van der Waals surface area contributed by atoms with E-state index in [9.17, 15) is 18.3 Å². The van der Waals surface area contributed by atoms with Crippen molar-refractivity contribution >= 4 is 32.5 Å². The molecular weight excluding hydrogens is 294 g/mol. The maximum absolute atomic E-state index is 11.6.